The maximum absolute atomic E-state index is 11.1. The van der Waals surface area contributed by atoms with E-state index >= 15 is 0 Å². The topological polar surface area (TPSA) is 72.2 Å². The second-order valence-electron chi connectivity index (χ2n) is 2.71. The van der Waals surface area contributed by atoms with Crippen LogP contribution in [0.1, 0.15) is 5.56 Å². The third-order valence-corrected chi connectivity index (χ3v) is 2.63. The number of anilines is 1. The number of hydrogen-bond donors (Lipinski definition) is 2. The largest absolute Gasteiger partial charge is 0.326 e. The maximum Gasteiger partial charge on any atom is 0.254 e. The van der Waals surface area contributed by atoms with Crippen LogP contribution in [0.5, 0.6) is 0 Å². The lowest BCUT2D eigenvalue weighted by molar-refractivity contribution is 0.609. The van der Waals surface area contributed by atoms with Crippen molar-refractivity contribution in [3.05, 3.63) is 41.8 Å². The van der Waals surface area contributed by atoms with Gasteiger partial charge in [0.25, 0.3) is 10.0 Å². The van der Waals surface area contributed by atoms with Crippen LogP contribution in [0.3, 0.4) is 0 Å². The standard InChI is InChI=1S/C9H12N2O2S/c1-2-14(12,13)11-9-5-3-8(7-10)4-6-9/h2-6,11H,1,7,10H2. The summed E-state index contributed by atoms with van der Waals surface area (Å²) in [7, 11) is -3.41. The molecule has 0 aliphatic rings. The Morgan fingerprint density at radius 2 is 1.93 bits per heavy atom. The van der Waals surface area contributed by atoms with Gasteiger partial charge in [0, 0.05) is 17.6 Å². The normalized spacial score (nSPS) is 10.9. The fourth-order valence-corrected chi connectivity index (χ4v) is 1.46. The Hall–Kier alpha value is -1.33. The van der Waals surface area contributed by atoms with Crippen LogP contribution in [0.25, 0.3) is 0 Å². The molecule has 76 valence electrons. The van der Waals surface area contributed by atoms with E-state index in [0.717, 1.165) is 11.0 Å². The minimum atomic E-state index is -3.41. The molecule has 1 aromatic rings. The molecule has 0 aliphatic heterocycles. The van der Waals surface area contributed by atoms with Crippen LogP contribution in [-0.2, 0) is 16.6 Å². The highest BCUT2D eigenvalue weighted by molar-refractivity contribution is 7.95. The molecule has 0 radical (unpaired) electrons. The van der Waals surface area contributed by atoms with E-state index < -0.39 is 10.0 Å². The van der Waals surface area contributed by atoms with Crippen LogP contribution in [0.15, 0.2) is 36.3 Å². The third-order valence-electron chi connectivity index (χ3n) is 1.67. The zero-order valence-corrected chi connectivity index (χ0v) is 8.42. The molecule has 5 heteroatoms. The highest BCUT2D eigenvalue weighted by atomic mass is 32.2. The van der Waals surface area contributed by atoms with Gasteiger partial charge in [0.1, 0.15) is 0 Å². The molecule has 0 bridgehead atoms. The molecule has 14 heavy (non-hydrogen) atoms. The summed E-state index contributed by atoms with van der Waals surface area (Å²) < 4.78 is 24.5. The Morgan fingerprint density at radius 3 is 2.36 bits per heavy atom. The number of hydrogen-bond acceptors (Lipinski definition) is 3. The van der Waals surface area contributed by atoms with E-state index in [1.807, 2.05) is 0 Å². The summed E-state index contributed by atoms with van der Waals surface area (Å²) in [6, 6.07) is 6.84. The summed E-state index contributed by atoms with van der Waals surface area (Å²) >= 11 is 0. The molecule has 0 unspecified atom stereocenters. The highest BCUT2D eigenvalue weighted by Gasteiger charge is 2.03. The number of rotatable bonds is 4. The first kappa shape index (κ1) is 10.7. The van der Waals surface area contributed by atoms with E-state index in [0.29, 0.717) is 12.2 Å². The summed E-state index contributed by atoms with van der Waals surface area (Å²) in [6.07, 6.45) is 0. The Bertz CT molecular complexity index is 409. The average molecular weight is 212 g/mol. The van der Waals surface area contributed by atoms with Crippen molar-refractivity contribution in [1.82, 2.24) is 0 Å². The second-order valence-corrected chi connectivity index (χ2v) is 4.34. The fraction of sp³-hybridized carbons (Fsp3) is 0.111. The molecule has 0 fully saturated rings. The van der Waals surface area contributed by atoms with Gasteiger partial charge in [0.05, 0.1) is 0 Å². The van der Waals surface area contributed by atoms with Crippen molar-refractivity contribution in [2.75, 3.05) is 4.72 Å². The van der Waals surface area contributed by atoms with Gasteiger partial charge in [0.15, 0.2) is 0 Å². The molecular weight excluding hydrogens is 200 g/mol. The first-order valence-electron chi connectivity index (χ1n) is 4.01. The lowest BCUT2D eigenvalue weighted by Gasteiger charge is -2.04. The van der Waals surface area contributed by atoms with Crippen LogP contribution >= 0.6 is 0 Å². The molecule has 0 aliphatic carbocycles. The molecule has 3 N–H and O–H groups in total. The second kappa shape index (κ2) is 4.26. The van der Waals surface area contributed by atoms with E-state index in [1.165, 1.54) is 0 Å². The molecule has 1 aromatic carbocycles. The number of sulfonamides is 1. The smallest absolute Gasteiger partial charge is 0.254 e. The number of nitrogens with one attached hydrogen (secondary N) is 1. The SMILES string of the molecule is C=CS(=O)(=O)Nc1ccc(CN)cc1. The molecule has 0 saturated carbocycles. The molecular formula is C9H12N2O2S. The van der Waals surface area contributed by atoms with E-state index in [1.54, 1.807) is 24.3 Å². The Balaban J connectivity index is 2.84. The van der Waals surface area contributed by atoms with E-state index in [9.17, 15) is 8.42 Å². The van der Waals surface area contributed by atoms with Crippen molar-refractivity contribution >= 4 is 15.7 Å². The monoisotopic (exact) mass is 212 g/mol. The summed E-state index contributed by atoms with van der Waals surface area (Å²) in [4.78, 5) is 0. The van der Waals surface area contributed by atoms with Gasteiger partial charge in [-0.15, -0.1) is 0 Å². The van der Waals surface area contributed by atoms with E-state index in [-0.39, 0.29) is 0 Å². The summed E-state index contributed by atoms with van der Waals surface area (Å²) in [5.41, 5.74) is 6.85. The third kappa shape index (κ3) is 2.86. The molecule has 0 amide bonds. The van der Waals surface area contributed by atoms with Crippen LogP contribution in [-0.4, -0.2) is 8.42 Å². The van der Waals surface area contributed by atoms with Gasteiger partial charge in [-0.05, 0) is 17.7 Å². The quantitative estimate of drug-likeness (QED) is 0.783. The molecule has 0 aromatic heterocycles. The fourth-order valence-electron chi connectivity index (χ4n) is 0.915. The lowest BCUT2D eigenvalue weighted by Crippen LogP contribution is -2.08. The van der Waals surface area contributed by atoms with E-state index in [2.05, 4.69) is 11.3 Å². The highest BCUT2D eigenvalue weighted by Crippen LogP contribution is 2.11. The minimum Gasteiger partial charge on any atom is -0.326 e. The molecule has 0 heterocycles. The summed E-state index contributed by atoms with van der Waals surface area (Å²) in [5.74, 6) is 0. The minimum absolute atomic E-state index is 0.439. The van der Waals surface area contributed by atoms with Crippen molar-refractivity contribution in [3.63, 3.8) is 0 Å². The predicted molar refractivity (Wildman–Crippen MR) is 57.1 cm³/mol. The molecule has 1 rings (SSSR count). The molecule has 0 saturated heterocycles. The van der Waals surface area contributed by atoms with Crippen LogP contribution in [0, 0.1) is 0 Å². The van der Waals surface area contributed by atoms with Gasteiger partial charge in [-0.2, -0.15) is 0 Å². The van der Waals surface area contributed by atoms with Crippen molar-refractivity contribution in [1.29, 1.82) is 0 Å². The summed E-state index contributed by atoms with van der Waals surface area (Å²) in [5, 5.41) is 0.865. The first-order valence-corrected chi connectivity index (χ1v) is 5.56. The van der Waals surface area contributed by atoms with Gasteiger partial charge in [-0.3, -0.25) is 4.72 Å². The zero-order chi connectivity index (χ0) is 10.6. The van der Waals surface area contributed by atoms with Crippen LogP contribution in [0.2, 0.25) is 0 Å². The zero-order valence-electron chi connectivity index (χ0n) is 7.60. The van der Waals surface area contributed by atoms with Crippen LogP contribution in [0.4, 0.5) is 5.69 Å². The molecule has 0 atom stereocenters. The van der Waals surface area contributed by atoms with Crippen LogP contribution < -0.4 is 10.5 Å². The lowest BCUT2D eigenvalue weighted by atomic mass is 10.2. The van der Waals surface area contributed by atoms with Crippen molar-refractivity contribution in [2.24, 2.45) is 5.73 Å². The van der Waals surface area contributed by atoms with Gasteiger partial charge < -0.3 is 5.73 Å². The van der Waals surface area contributed by atoms with Crippen molar-refractivity contribution in [3.8, 4) is 0 Å². The maximum atomic E-state index is 11.1. The van der Waals surface area contributed by atoms with Crippen molar-refractivity contribution < 1.29 is 8.42 Å². The first-order chi connectivity index (χ1) is 6.57. The van der Waals surface area contributed by atoms with E-state index in [4.69, 9.17) is 5.73 Å². The Morgan fingerprint density at radius 1 is 1.36 bits per heavy atom. The van der Waals surface area contributed by atoms with Gasteiger partial charge >= 0.3 is 0 Å². The van der Waals surface area contributed by atoms with Gasteiger partial charge in [0.2, 0.25) is 0 Å². The number of nitrogens with two attached hydrogens (primary N) is 1. The predicted octanol–water partition coefficient (Wildman–Crippen LogP) is 1.03. The average Bonchev–Trinajstić information content (AvgIpc) is 2.19. The van der Waals surface area contributed by atoms with Gasteiger partial charge in [-0.25, -0.2) is 8.42 Å². The Kier molecular flexibility index (Phi) is 3.27. The van der Waals surface area contributed by atoms with Gasteiger partial charge in [-0.1, -0.05) is 18.7 Å². The molecule has 0 spiro atoms. The Labute approximate surface area is 83.5 Å². The molecule has 4 nitrogen and oxygen atoms in total. The number of benzene rings is 1. The van der Waals surface area contributed by atoms with Crippen molar-refractivity contribution in [2.45, 2.75) is 6.54 Å². The summed E-state index contributed by atoms with van der Waals surface area (Å²) in [6.45, 7) is 3.63.